The number of guanidine groups is 1. The lowest BCUT2D eigenvalue weighted by atomic mass is 10.7. The first-order valence-corrected chi connectivity index (χ1v) is 2.90. The van der Waals surface area contributed by atoms with Crippen LogP contribution in [0.3, 0.4) is 0 Å². The van der Waals surface area contributed by atoms with Gasteiger partial charge in [-0.3, -0.25) is 10.4 Å². The van der Waals surface area contributed by atoms with Gasteiger partial charge in [0.15, 0.2) is 0 Å². The van der Waals surface area contributed by atoms with E-state index in [0.29, 0.717) is 13.2 Å². The van der Waals surface area contributed by atoms with Crippen LogP contribution < -0.4 is 11.2 Å². The van der Waals surface area contributed by atoms with Crippen molar-refractivity contribution in [2.45, 2.75) is 0 Å². The molecule has 0 radical (unpaired) electrons. The number of methoxy groups -OCH3 is 1. The van der Waals surface area contributed by atoms with Gasteiger partial charge in [0.25, 0.3) is 0 Å². The summed E-state index contributed by atoms with van der Waals surface area (Å²) in [6, 6.07) is 0. The average molecular weight is 164 g/mol. The molecular weight excluding hydrogens is 152 g/mol. The van der Waals surface area contributed by atoms with E-state index in [1.54, 1.807) is 0 Å². The zero-order valence-corrected chi connectivity index (χ0v) is 6.19. The first-order chi connectivity index (χ1) is 5.16. The van der Waals surface area contributed by atoms with Crippen LogP contribution in [-0.2, 0) is 4.74 Å². The topological polar surface area (TPSA) is 103 Å². The van der Waals surface area contributed by atoms with Crippen LogP contribution in [0.1, 0.15) is 0 Å². The zero-order chi connectivity index (χ0) is 8.69. The van der Waals surface area contributed by atoms with E-state index < -0.39 is 0 Å². The second-order valence-electron chi connectivity index (χ2n) is 1.66. The maximum absolute atomic E-state index is 8.17. The third-order valence-corrected chi connectivity index (χ3v) is 0.792. The Balaban J connectivity index is 3.46. The number of hydrogen-bond acceptors (Lipinski definition) is 5. The zero-order valence-electron chi connectivity index (χ0n) is 6.19. The Bertz CT molecular complexity index is 127. The van der Waals surface area contributed by atoms with Gasteiger partial charge in [-0.25, -0.2) is 10.4 Å². The highest BCUT2D eigenvalue weighted by molar-refractivity contribution is 5.77. The molecule has 0 bridgehead atoms. The molecular formula is C4H12N4O3. The monoisotopic (exact) mass is 164 g/mol. The van der Waals surface area contributed by atoms with Crippen molar-refractivity contribution < 1.29 is 15.2 Å². The molecule has 11 heavy (non-hydrogen) atoms. The van der Waals surface area contributed by atoms with Crippen molar-refractivity contribution in [1.29, 1.82) is 0 Å². The SMILES string of the molecule is COCCN=C(N)NN(O)O. The molecule has 0 heterocycles. The number of rotatable bonds is 4. The van der Waals surface area contributed by atoms with E-state index in [-0.39, 0.29) is 11.3 Å². The number of ether oxygens (including phenoxy) is 1. The Labute approximate surface area is 64.0 Å². The number of hydrazine groups is 1. The summed E-state index contributed by atoms with van der Waals surface area (Å²) in [5.74, 6) is -0.0907. The summed E-state index contributed by atoms with van der Waals surface area (Å²) in [6.07, 6.45) is 0. The fourth-order valence-electron chi connectivity index (χ4n) is 0.395. The highest BCUT2D eigenvalue weighted by atomic mass is 16.8. The van der Waals surface area contributed by atoms with E-state index in [2.05, 4.69) is 9.73 Å². The Hall–Kier alpha value is -0.890. The summed E-state index contributed by atoms with van der Waals surface area (Å²) in [7, 11) is 1.53. The van der Waals surface area contributed by atoms with Crippen molar-refractivity contribution in [3.63, 3.8) is 0 Å². The maximum Gasteiger partial charge on any atom is 0.207 e. The van der Waals surface area contributed by atoms with Crippen molar-refractivity contribution in [3.8, 4) is 0 Å². The van der Waals surface area contributed by atoms with Gasteiger partial charge < -0.3 is 10.5 Å². The van der Waals surface area contributed by atoms with E-state index in [4.69, 9.17) is 16.1 Å². The van der Waals surface area contributed by atoms with Crippen molar-refractivity contribution in [1.82, 2.24) is 10.8 Å². The lowest BCUT2D eigenvalue weighted by Gasteiger charge is -2.07. The van der Waals surface area contributed by atoms with E-state index in [9.17, 15) is 0 Å². The molecule has 0 aliphatic rings. The molecule has 0 aromatic carbocycles. The van der Waals surface area contributed by atoms with Gasteiger partial charge in [0, 0.05) is 12.4 Å². The Morgan fingerprint density at radius 1 is 1.73 bits per heavy atom. The molecule has 0 atom stereocenters. The molecule has 0 amide bonds. The maximum atomic E-state index is 8.17. The molecule has 0 saturated heterocycles. The fourth-order valence-corrected chi connectivity index (χ4v) is 0.395. The lowest BCUT2D eigenvalue weighted by molar-refractivity contribution is -0.329. The molecule has 7 heteroatoms. The summed E-state index contributed by atoms with van der Waals surface area (Å²) in [6.45, 7) is 0.794. The van der Waals surface area contributed by atoms with Crippen LogP contribution in [0, 0.1) is 0 Å². The van der Waals surface area contributed by atoms with Crippen LogP contribution in [0.5, 0.6) is 0 Å². The van der Waals surface area contributed by atoms with Gasteiger partial charge in [-0.15, -0.1) is 0 Å². The highest BCUT2D eigenvalue weighted by Gasteiger charge is 1.93. The van der Waals surface area contributed by atoms with Crippen molar-refractivity contribution in [3.05, 3.63) is 0 Å². The number of hydrogen-bond donors (Lipinski definition) is 4. The lowest BCUT2D eigenvalue weighted by Crippen LogP contribution is -2.42. The minimum Gasteiger partial charge on any atom is -0.383 e. The van der Waals surface area contributed by atoms with Crippen LogP contribution in [0.2, 0.25) is 0 Å². The second kappa shape index (κ2) is 5.86. The number of nitrogens with two attached hydrogens (primary N) is 1. The number of nitrogens with zero attached hydrogens (tertiary/aromatic N) is 2. The summed E-state index contributed by atoms with van der Waals surface area (Å²) >= 11 is 0. The highest BCUT2D eigenvalue weighted by Crippen LogP contribution is 1.71. The van der Waals surface area contributed by atoms with Crippen molar-refractivity contribution in [2.24, 2.45) is 10.7 Å². The van der Waals surface area contributed by atoms with Gasteiger partial charge in [0.1, 0.15) is 0 Å². The minimum absolute atomic E-state index is 0.0907. The Morgan fingerprint density at radius 2 is 2.36 bits per heavy atom. The smallest absolute Gasteiger partial charge is 0.207 e. The third kappa shape index (κ3) is 7.00. The fraction of sp³-hybridized carbons (Fsp3) is 0.750. The predicted octanol–water partition coefficient (Wildman–Crippen LogP) is -1.47. The molecule has 0 fully saturated rings. The van der Waals surface area contributed by atoms with Gasteiger partial charge in [0.2, 0.25) is 5.96 Å². The van der Waals surface area contributed by atoms with Crippen LogP contribution in [-0.4, -0.2) is 42.0 Å². The molecule has 0 spiro atoms. The summed E-state index contributed by atoms with van der Waals surface area (Å²) < 4.78 is 4.67. The summed E-state index contributed by atoms with van der Waals surface area (Å²) in [5, 5.41) is 16.1. The van der Waals surface area contributed by atoms with Crippen LogP contribution in [0.15, 0.2) is 4.99 Å². The van der Waals surface area contributed by atoms with Crippen molar-refractivity contribution in [2.75, 3.05) is 20.3 Å². The standard InChI is InChI=1S/C4H12N4O3/c1-11-3-2-6-4(5)7-8(9)10/h9-10H,2-3H2,1H3,(H3,5,6,7). The number of nitrogens with one attached hydrogen (secondary N) is 1. The molecule has 0 saturated carbocycles. The second-order valence-corrected chi connectivity index (χ2v) is 1.66. The van der Waals surface area contributed by atoms with Gasteiger partial charge >= 0.3 is 0 Å². The van der Waals surface area contributed by atoms with E-state index in [1.165, 1.54) is 7.11 Å². The van der Waals surface area contributed by atoms with Crippen molar-refractivity contribution >= 4 is 5.96 Å². The molecule has 7 nitrogen and oxygen atoms in total. The molecule has 0 rings (SSSR count). The molecule has 0 aromatic heterocycles. The van der Waals surface area contributed by atoms with E-state index >= 15 is 0 Å². The van der Waals surface area contributed by atoms with Gasteiger partial charge in [0.05, 0.1) is 13.2 Å². The van der Waals surface area contributed by atoms with Crippen LogP contribution in [0.4, 0.5) is 0 Å². The molecule has 5 N–H and O–H groups in total. The molecule has 0 unspecified atom stereocenters. The predicted molar refractivity (Wildman–Crippen MR) is 36.9 cm³/mol. The Kier molecular flexibility index (Phi) is 5.39. The summed E-state index contributed by atoms with van der Waals surface area (Å²) in [5.41, 5.74) is 7.06. The molecule has 0 aliphatic heterocycles. The molecule has 0 aromatic rings. The normalized spacial score (nSPS) is 12.2. The van der Waals surface area contributed by atoms with E-state index in [0.717, 1.165) is 0 Å². The minimum atomic E-state index is -0.272. The summed E-state index contributed by atoms with van der Waals surface area (Å²) in [4.78, 5) is 3.65. The Morgan fingerprint density at radius 3 is 2.82 bits per heavy atom. The molecule has 0 aliphatic carbocycles. The van der Waals surface area contributed by atoms with Gasteiger partial charge in [-0.1, -0.05) is 0 Å². The first kappa shape index (κ1) is 10.1. The number of aliphatic imine (C=N–C) groups is 1. The van der Waals surface area contributed by atoms with E-state index in [1.807, 2.05) is 5.43 Å². The average Bonchev–Trinajstić information content (AvgIpc) is 1.86. The third-order valence-electron chi connectivity index (χ3n) is 0.792. The van der Waals surface area contributed by atoms with Gasteiger partial charge in [-0.2, -0.15) is 0 Å². The molecule has 66 valence electrons. The van der Waals surface area contributed by atoms with Crippen LogP contribution in [0.25, 0.3) is 0 Å². The van der Waals surface area contributed by atoms with Crippen LogP contribution >= 0.6 is 0 Å². The first-order valence-electron chi connectivity index (χ1n) is 2.90. The quantitative estimate of drug-likeness (QED) is 0.175. The van der Waals surface area contributed by atoms with Gasteiger partial charge in [-0.05, 0) is 0 Å². The largest absolute Gasteiger partial charge is 0.383 e.